The lowest BCUT2D eigenvalue weighted by Gasteiger charge is -2.11. The van der Waals surface area contributed by atoms with Crippen LogP contribution in [0.15, 0.2) is 85.2 Å². The van der Waals surface area contributed by atoms with E-state index in [2.05, 4.69) is 27.5 Å². The second-order valence-corrected chi connectivity index (χ2v) is 8.78. The second kappa shape index (κ2) is 8.38. The number of aromatic nitrogens is 2. The third-order valence-corrected chi connectivity index (χ3v) is 6.27. The molecule has 3 aromatic carbocycles. The number of anilines is 4. The Hall–Kier alpha value is -3.41. The van der Waals surface area contributed by atoms with Gasteiger partial charge in [-0.05, 0) is 61.0 Å². The standard InChI is InChI=1S/C25H19ClN4S/c1-16-22(17-7-9-18(26)10-8-17)23-24(27-15-28-25(23)31-16)30-21-13-11-20(12-14-21)29-19-5-3-2-4-6-19/h2-15,29H,1H3,(H,27,28,30). The van der Waals surface area contributed by atoms with Crippen molar-refractivity contribution in [3.8, 4) is 11.1 Å². The molecule has 0 aliphatic rings. The van der Waals surface area contributed by atoms with Crippen LogP contribution in [0.25, 0.3) is 21.3 Å². The van der Waals surface area contributed by atoms with E-state index in [9.17, 15) is 0 Å². The number of fused-ring (bicyclic) bond motifs is 1. The Morgan fingerprint density at radius 3 is 2.10 bits per heavy atom. The fourth-order valence-corrected chi connectivity index (χ4v) is 4.70. The predicted molar refractivity (Wildman–Crippen MR) is 132 cm³/mol. The second-order valence-electron chi connectivity index (χ2n) is 7.14. The number of hydrogen-bond donors (Lipinski definition) is 2. The van der Waals surface area contributed by atoms with Crippen molar-refractivity contribution in [1.82, 2.24) is 9.97 Å². The summed E-state index contributed by atoms with van der Waals surface area (Å²) in [4.78, 5) is 11.2. The molecule has 4 nitrogen and oxygen atoms in total. The average Bonchev–Trinajstić information content (AvgIpc) is 3.13. The monoisotopic (exact) mass is 442 g/mol. The summed E-state index contributed by atoms with van der Waals surface area (Å²) in [5.41, 5.74) is 5.29. The molecule has 0 radical (unpaired) electrons. The molecule has 5 rings (SSSR count). The minimum Gasteiger partial charge on any atom is -0.356 e. The van der Waals surface area contributed by atoms with Gasteiger partial charge in [-0.2, -0.15) is 0 Å². The molecule has 0 atom stereocenters. The van der Waals surface area contributed by atoms with E-state index >= 15 is 0 Å². The number of halogens is 1. The van der Waals surface area contributed by atoms with Crippen LogP contribution in [0.3, 0.4) is 0 Å². The molecule has 0 bridgehead atoms. The van der Waals surface area contributed by atoms with Gasteiger partial charge in [0.15, 0.2) is 0 Å². The van der Waals surface area contributed by atoms with Crippen LogP contribution in [-0.4, -0.2) is 9.97 Å². The summed E-state index contributed by atoms with van der Waals surface area (Å²) in [7, 11) is 0. The van der Waals surface area contributed by atoms with Crippen molar-refractivity contribution in [2.24, 2.45) is 0 Å². The van der Waals surface area contributed by atoms with Gasteiger partial charge in [-0.25, -0.2) is 9.97 Å². The number of para-hydroxylation sites is 1. The molecule has 0 fully saturated rings. The maximum absolute atomic E-state index is 6.09. The number of aryl methyl sites for hydroxylation is 1. The lowest BCUT2D eigenvalue weighted by molar-refractivity contribution is 1.23. The lowest BCUT2D eigenvalue weighted by Crippen LogP contribution is -1.96. The van der Waals surface area contributed by atoms with E-state index in [-0.39, 0.29) is 0 Å². The van der Waals surface area contributed by atoms with Gasteiger partial charge < -0.3 is 10.6 Å². The Kier molecular flexibility index (Phi) is 5.28. The summed E-state index contributed by atoms with van der Waals surface area (Å²) in [6.07, 6.45) is 1.61. The van der Waals surface area contributed by atoms with Crippen LogP contribution >= 0.6 is 22.9 Å². The van der Waals surface area contributed by atoms with E-state index in [1.165, 1.54) is 4.88 Å². The molecular weight excluding hydrogens is 424 g/mol. The highest BCUT2D eigenvalue weighted by atomic mass is 35.5. The van der Waals surface area contributed by atoms with Crippen molar-refractivity contribution in [3.63, 3.8) is 0 Å². The molecule has 2 aromatic heterocycles. The fraction of sp³-hybridized carbons (Fsp3) is 0.0400. The van der Waals surface area contributed by atoms with E-state index in [0.717, 1.165) is 49.2 Å². The first-order chi connectivity index (χ1) is 15.2. The molecule has 0 unspecified atom stereocenters. The molecule has 0 saturated heterocycles. The zero-order chi connectivity index (χ0) is 21.2. The summed E-state index contributed by atoms with van der Waals surface area (Å²) < 4.78 is 0. The van der Waals surface area contributed by atoms with Crippen molar-refractivity contribution in [1.29, 1.82) is 0 Å². The van der Waals surface area contributed by atoms with E-state index in [4.69, 9.17) is 11.6 Å². The van der Waals surface area contributed by atoms with Crippen LogP contribution in [0, 0.1) is 6.92 Å². The van der Waals surface area contributed by atoms with Crippen LogP contribution in [0.5, 0.6) is 0 Å². The van der Waals surface area contributed by atoms with E-state index in [0.29, 0.717) is 0 Å². The first-order valence-electron chi connectivity index (χ1n) is 9.86. The summed E-state index contributed by atoms with van der Waals surface area (Å²) >= 11 is 7.77. The molecule has 152 valence electrons. The van der Waals surface area contributed by atoms with Gasteiger partial charge in [-0.15, -0.1) is 11.3 Å². The molecule has 5 aromatic rings. The molecule has 31 heavy (non-hydrogen) atoms. The van der Waals surface area contributed by atoms with E-state index < -0.39 is 0 Å². The zero-order valence-electron chi connectivity index (χ0n) is 16.8. The molecule has 2 N–H and O–H groups in total. The molecule has 0 amide bonds. The van der Waals surface area contributed by atoms with Gasteiger partial charge in [-0.1, -0.05) is 41.9 Å². The van der Waals surface area contributed by atoms with Crippen molar-refractivity contribution < 1.29 is 0 Å². The Morgan fingerprint density at radius 2 is 1.39 bits per heavy atom. The third-order valence-electron chi connectivity index (χ3n) is 5.01. The van der Waals surface area contributed by atoms with Gasteiger partial charge in [-0.3, -0.25) is 0 Å². The van der Waals surface area contributed by atoms with Gasteiger partial charge in [0.1, 0.15) is 17.0 Å². The highest BCUT2D eigenvalue weighted by Gasteiger charge is 2.17. The summed E-state index contributed by atoms with van der Waals surface area (Å²) in [6.45, 7) is 2.12. The average molecular weight is 443 g/mol. The molecule has 6 heteroatoms. The molecule has 0 aliphatic carbocycles. The first-order valence-corrected chi connectivity index (χ1v) is 11.1. The Balaban J connectivity index is 1.47. The molecule has 0 aliphatic heterocycles. The molecule has 0 saturated carbocycles. The third kappa shape index (κ3) is 4.10. The number of nitrogens with one attached hydrogen (secondary N) is 2. The highest BCUT2D eigenvalue weighted by molar-refractivity contribution is 7.19. The van der Waals surface area contributed by atoms with Gasteiger partial charge in [0.2, 0.25) is 0 Å². The van der Waals surface area contributed by atoms with Crippen LogP contribution in [0.2, 0.25) is 5.02 Å². The lowest BCUT2D eigenvalue weighted by atomic mass is 10.0. The Labute approximate surface area is 189 Å². The fourth-order valence-electron chi connectivity index (χ4n) is 3.56. The Morgan fingerprint density at radius 1 is 0.742 bits per heavy atom. The van der Waals surface area contributed by atoms with Crippen molar-refractivity contribution >= 4 is 56.0 Å². The number of hydrogen-bond acceptors (Lipinski definition) is 5. The number of nitrogens with zero attached hydrogens (tertiary/aromatic N) is 2. The number of thiophene rings is 1. The highest BCUT2D eigenvalue weighted by Crippen LogP contribution is 2.41. The summed E-state index contributed by atoms with van der Waals surface area (Å²) in [6, 6.07) is 26.2. The Bertz CT molecular complexity index is 1330. The van der Waals surface area contributed by atoms with Crippen molar-refractivity contribution in [3.05, 3.63) is 95.1 Å². The van der Waals surface area contributed by atoms with E-state index in [1.54, 1.807) is 17.7 Å². The summed E-state index contributed by atoms with van der Waals surface area (Å²) in [5.74, 6) is 0.795. The first kappa shape index (κ1) is 19.5. The normalized spacial score (nSPS) is 10.9. The summed E-state index contributed by atoms with van der Waals surface area (Å²) in [5, 5.41) is 8.62. The van der Waals surface area contributed by atoms with Gasteiger partial charge in [0.05, 0.1) is 5.39 Å². The predicted octanol–water partition coefficient (Wildman–Crippen LogP) is 7.81. The number of rotatable bonds is 5. The zero-order valence-corrected chi connectivity index (χ0v) is 18.3. The van der Waals surface area contributed by atoms with Crippen LogP contribution in [0.1, 0.15) is 4.88 Å². The molecule has 2 heterocycles. The van der Waals surface area contributed by atoms with Gasteiger partial charge in [0.25, 0.3) is 0 Å². The molecule has 0 spiro atoms. The SMILES string of the molecule is Cc1sc2ncnc(Nc3ccc(Nc4ccccc4)cc3)c2c1-c1ccc(Cl)cc1. The van der Waals surface area contributed by atoms with Gasteiger partial charge in [0, 0.05) is 32.5 Å². The molecular formula is C25H19ClN4S. The van der Waals surface area contributed by atoms with Crippen LogP contribution in [-0.2, 0) is 0 Å². The smallest absolute Gasteiger partial charge is 0.143 e. The minimum absolute atomic E-state index is 0.722. The maximum atomic E-state index is 6.09. The van der Waals surface area contributed by atoms with Crippen molar-refractivity contribution in [2.75, 3.05) is 10.6 Å². The van der Waals surface area contributed by atoms with Gasteiger partial charge >= 0.3 is 0 Å². The largest absolute Gasteiger partial charge is 0.356 e. The minimum atomic E-state index is 0.722. The van der Waals surface area contributed by atoms with Crippen LogP contribution < -0.4 is 10.6 Å². The van der Waals surface area contributed by atoms with Crippen molar-refractivity contribution in [2.45, 2.75) is 6.92 Å². The topological polar surface area (TPSA) is 49.8 Å². The van der Waals surface area contributed by atoms with E-state index in [1.807, 2.05) is 78.9 Å². The maximum Gasteiger partial charge on any atom is 0.143 e. The number of benzene rings is 3. The quantitative estimate of drug-likeness (QED) is 0.291. The van der Waals surface area contributed by atoms with Crippen LogP contribution in [0.4, 0.5) is 22.9 Å².